The van der Waals surface area contributed by atoms with Gasteiger partial charge in [-0.25, -0.2) is 0 Å². The van der Waals surface area contributed by atoms with E-state index in [1.807, 2.05) is 78.9 Å². The van der Waals surface area contributed by atoms with Gasteiger partial charge >= 0.3 is 0 Å². The second-order valence-electron chi connectivity index (χ2n) is 5.01. The average Bonchev–Trinajstić information content (AvgIpc) is 2.57. The highest BCUT2D eigenvalue weighted by molar-refractivity contribution is 5.73. The molecule has 110 valence electrons. The Morgan fingerprint density at radius 1 is 0.818 bits per heavy atom. The number of para-hydroxylation sites is 1. The summed E-state index contributed by atoms with van der Waals surface area (Å²) in [4.78, 5) is 0. The molecule has 0 unspecified atom stereocenters. The highest BCUT2D eigenvalue weighted by Gasteiger charge is 2.03. The Labute approximate surface area is 130 Å². The van der Waals surface area contributed by atoms with Crippen molar-refractivity contribution in [1.82, 2.24) is 0 Å². The molecule has 3 N–H and O–H groups in total. The van der Waals surface area contributed by atoms with Crippen LogP contribution in [0.15, 0.2) is 78.9 Å². The minimum Gasteiger partial charge on any atom is -0.489 e. The van der Waals surface area contributed by atoms with Crippen LogP contribution in [0.25, 0.3) is 0 Å². The summed E-state index contributed by atoms with van der Waals surface area (Å²) in [5.74, 6) is 0.764. The molecule has 0 saturated carbocycles. The van der Waals surface area contributed by atoms with E-state index in [-0.39, 0.29) is 0 Å². The molecule has 3 rings (SSSR count). The van der Waals surface area contributed by atoms with E-state index in [1.54, 1.807) is 0 Å². The van der Waals surface area contributed by atoms with Crippen LogP contribution in [0.4, 0.5) is 17.1 Å². The van der Waals surface area contributed by atoms with Gasteiger partial charge in [-0.2, -0.15) is 0 Å². The Hall–Kier alpha value is -2.94. The van der Waals surface area contributed by atoms with Crippen LogP contribution in [0, 0.1) is 0 Å². The van der Waals surface area contributed by atoms with Gasteiger partial charge in [-0.1, -0.05) is 48.5 Å². The van der Waals surface area contributed by atoms with Crippen molar-refractivity contribution in [3.8, 4) is 5.75 Å². The lowest BCUT2D eigenvalue weighted by molar-refractivity contribution is 0.306. The van der Waals surface area contributed by atoms with Gasteiger partial charge in [-0.05, 0) is 29.8 Å². The van der Waals surface area contributed by atoms with Crippen molar-refractivity contribution in [2.45, 2.75) is 6.61 Å². The Balaban J connectivity index is 1.67. The SMILES string of the molecule is Nc1cc(OCc2ccccc2)ccc1Nc1ccccc1. The first-order valence-electron chi connectivity index (χ1n) is 7.19. The van der Waals surface area contributed by atoms with E-state index < -0.39 is 0 Å². The third-order valence-electron chi connectivity index (χ3n) is 3.32. The quantitative estimate of drug-likeness (QED) is 0.675. The molecule has 0 radical (unpaired) electrons. The van der Waals surface area contributed by atoms with Crippen molar-refractivity contribution in [2.24, 2.45) is 0 Å². The number of rotatable bonds is 5. The lowest BCUT2D eigenvalue weighted by Crippen LogP contribution is -1.99. The predicted molar refractivity (Wildman–Crippen MR) is 91.4 cm³/mol. The summed E-state index contributed by atoms with van der Waals surface area (Å²) in [6, 6.07) is 25.7. The molecule has 0 amide bonds. The van der Waals surface area contributed by atoms with Gasteiger partial charge in [0.15, 0.2) is 0 Å². The van der Waals surface area contributed by atoms with Gasteiger partial charge in [-0.15, -0.1) is 0 Å². The maximum absolute atomic E-state index is 6.10. The maximum atomic E-state index is 6.10. The predicted octanol–water partition coefficient (Wildman–Crippen LogP) is 4.59. The van der Waals surface area contributed by atoms with Crippen molar-refractivity contribution in [3.63, 3.8) is 0 Å². The minimum absolute atomic E-state index is 0.533. The first-order chi connectivity index (χ1) is 10.8. The molecule has 0 bridgehead atoms. The Kier molecular flexibility index (Phi) is 4.25. The van der Waals surface area contributed by atoms with Gasteiger partial charge in [-0.3, -0.25) is 0 Å². The third-order valence-corrected chi connectivity index (χ3v) is 3.32. The van der Waals surface area contributed by atoms with Crippen LogP contribution in [-0.2, 0) is 6.61 Å². The summed E-state index contributed by atoms with van der Waals surface area (Å²) in [7, 11) is 0. The molecule has 0 aromatic heterocycles. The van der Waals surface area contributed by atoms with Crippen LogP contribution in [0.1, 0.15) is 5.56 Å². The summed E-state index contributed by atoms with van der Waals surface area (Å²) in [5, 5.41) is 3.29. The number of nitrogens with two attached hydrogens (primary N) is 1. The van der Waals surface area contributed by atoms with Gasteiger partial charge < -0.3 is 15.8 Å². The summed E-state index contributed by atoms with van der Waals surface area (Å²) in [6.45, 7) is 0.533. The molecule has 0 aliphatic heterocycles. The summed E-state index contributed by atoms with van der Waals surface area (Å²) in [6.07, 6.45) is 0. The first-order valence-corrected chi connectivity index (χ1v) is 7.19. The van der Waals surface area contributed by atoms with Crippen LogP contribution in [-0.4, -0.2) is 0 Å². The van der Waals surface area contributed by atoms with Crippen LogP contribution in [0.2, 0.25) is 0 Å². The van der Waals surface area contributed by atoms with Gasteiger partial charge in [0.25, 0.3) is 0 Å². The number of anilines is 3. The standard InChI is InChI=1S/C19H18N2O/c20-18-13-17(22-14-15-7-3-1-4-8-15)11-12-19(18)21-16-9-5-2-6-10-16/h1-13,21H,14,20H2. The van der Waals surface area contributed by atoms with E-state index >= 15 is 0 Å². The zero-order chi connectivity index (χ0) is 15.2. The highest BCUT2D eigenvalue weighted by atomic mass is 16.5. The van der Waals surface area contributed by atoms with Crippen molar-refractivity contribution in [1.29, 1.82) is 0 Å². The molecule has 0 heterocycles. The maximum Gasteiger partial charge on any atom is 0.122 e. The Morgan fingerprint density at radius 2 is 1.50 bits per heavy atom. The summed E-state index contributed by atoms with van der Waals surface area (Å²) in [5.41, 5.74) is 9.77. The topological polar surface area (TPSA) is 47.3 Å². The molecule has 0 aliphatic rings. The van der Waals surface area contributed by atoms with E-state index in [2.05, 4.69) is 5.32 Å². The van der Waals surface area contributed by atoms with E-state index in [0.29, 0.717) is 12.3 Å². The zero-order valence-electron chi connectivity index (χ0n) is 12.2. The molecule has 3 nitrogen and oxygen atoms in total. The van der Waals surface area contributed by atoms with E-state index in [4.69, 9.17) is 10.5 Å². The molecule has 0 fully saturated rings. The molecule has 3 heteroatoms. The fraction of sp³-hybridized carbons (Fsp3) is 0.0526. The average molecular weight is 290 g/mol. The lowest BCUT2D eigenvalue weighted by atomic mass is 10.2. The normalized spacial score (nSPS) is 10.2. The van der Waals surface area contributed by atoms with E-state index in [0.717, 1.165) is 22.7 Å². The molecule has 22 heavy (non-hydrogen) atoms. The Bertz CT molecular complexity index is 727. The van der Waals surface area contributed by atoms with Crippen molar-refractivity contribution in [3.05, 3.63) is 84.4 Å². The minimum atomic E-state index is 0.533. The second kappa shape index (κ2) is 6.68. The number of nitrogens with one attached hydrogen (secondary N) is 1. The monoisotopic (exact) mass is 290 g/mol. The van der Waals surface area contributed by atoms with Crippen LogP contribution in [0.3, 0.4) is 0 Å². The smallest absolute Gasteiger partial charge is 0.122 e. The van der Waals surface area contributed by atoms with E-state index in [9.17, 15) is 0 Å². The zero-order valence-corrected chi connectivity index (χ0v) is 12.2. The van der Waals surface area contributed by atoms with Crippen LogP contribution in [0.5, 0.6) is 5.75 Å². The molecule has 0 spiro atoms. The number of hydrogen-bond donors (Lipinski definition) is 2. The van der Waals surface area contributed by atoms with Crippen LogP contribution >= 0.6 is 0 Å². The van der Waals surface area contributed by atoms with Crippen molar-refractivity contribution in [2.75, 3.05) is 11.1 Å². The highest BCUT2D eigenvalue weighted by Crippen LogP contribution is 2.27. The largest absolute Gasteiger partial charge is 0.489 e. The number of nitrogen functional groups attached to an aromatic ring is 1. The van der Waals surface area contributed by atoms with Gasteiger partial charge in [0, 0.05) is 11.8 Å². The first kappa shape index (κ1) is 14.0. The number of ether oxygens (including phenoxy) is 1. The molecule has 3 aromatic rings. The summed E-state index contributed by atoms with van der Waals surface area (Å²) >= 11 is 0. The van der Waals surface area contributed by atoms with Gasteiger partial charge in [0.2, 0.25) is 0 Å². The lowest BCUT2D eigenvalue weighted by Gasteiger charge is -2.12. The fourth-order valence-electron chi connectivity index (χ4n) is 2.16. The Morgan fingerprint density at radius 3 is 2.18 bits per heavy atom. The van der Waals surface area contributed by atoms with Crippen molar-refractivity contribution >= 4 is 17.1 Å². The fourth-order valence-corrected chi connectivity index (χ4v) is 2.16. The molecule has 0 aliphatic carbocycles. The molecular formula is C19H18N2O. The summed E-state index contributed by atoms with van der Waals surface area (Å²) < 4.78 is 5.77. The van der Waals surface area contributed by atoms with Gasteiger partial charge in [0.05, 0.1) is 11.4 Å². The number of hydrogen-bond acceptors (Lipinski definition) is 3. The molecule has 0 atom stereocenters. The molecular weight excluding hydrogens is 272 g/mol. The number of benzene rings is 3. The third kappa shape index (κ3) is 3.58. The second-order valence-corrected chi connectivity index (χ2v) is 5.01. The molecule has 0 saturated heterocycles. The van der Waals surface area contributed by atoms with Crippen LogP contribution < -0.4 is 15.8 Å². The molecule has 3 aromatic carbocycles. The van der Waals surface area contributed by atoms with Gasteiger partial charge in [0.1, 0.15) is 12.4 Å². The van der Waals surface area contributed by atoms with Crippen molar-refractivity contribution < 1.29 is 4.74 Å². The van der Waals surface area contributed by atoms with E-state index in [1.165, 1.54) is 0 Å².